The molecule has 0 saturated carbocycles. The highest BCUT2D eigenvalue weighted by Crippen LogP contribution is 2.29. The Hall–Kier alpha value is -2.49. The molecule has 0 aliphatic carbocycles. The molecule has 108 valence electrons. The van der Waals surface area contributed by atoms with Crippen LogP contribution in [-0.4, -0.2) is 19.1 Å². The number of carbonyl (C=O) groups is 1. The first kappa shape index (κ1) is 13.5. The summed E-state index contributed by atoms with van der Waals surface area (Å²) in [6.07, 6.45) is 1.02. The minimum Gasteiger partial charge on any atom is -0.497 e. The van der Waals surface area contributed by atoms with Crippen LogP contribution in [0.5, 0.6) is 11.5 Å². The molecule has 4 heteroatoms. The van der Waals surface area contributed by atoms with Gasteiger partial charge in [-0.2, -0.15) is 0 Å². The summed E-state index contributed by atoms with van der Waals surface area (Å²) in [6, 6.07) is 12.8. The van der Waals surface area contributed by atoms with Gasteiger partial charge in [0.25, 0.3) is 5.91 Å². The molecule has 0 aromatic heterocycles. The number of nitrogens with one attached hydrogen (secondary N) is 1. The number of fused-ring (bicyclic) bond motifs is 1. The molecule has 0 bridgehead atoms. The summed E-state index contributed by atoms with van der Waals surface area (Å²) in [5.41, 5.74) is 2.43. The monoisotopic (exact) mass is 283 g/mol. The molecule has 1 heterocycles. The normalized spacial score (nSPS) is 16.0. The average molecular weight is 283 g/mol. The van der Waals surface area contributed by atoms with Crippen LogP contribution in [0.2, 0.25) is 0 Å². The fourth-order valence-electron chi connectivity index (χ4n) is 2.47. The first-order valence-corrected chi connectivity index (χ1v) is 6.90. The summed E-state index contributed by atoms with van der Waals surface area (Å²) < 4.78 is 10.8. The summed E-state index contributed by atoms with van der Waals surface area (Å²) >= 11 is 0. The Morgan fingerprint density at radius 2 is 2.14 bits per heavy atom. The van der Waals surface area contributed by atoms with Crippen LogP contribution in [0.25, 0.3) is 0 Å². The highest BCUT2D eigenvalue weighted by Gasteiger charge is 2.20. The van der Waals surface area contributed by atoms with Gasteiger partial charge in [-0.15, -0.1) is 0 Å². The van der Waals surface area contributed by atoms with E-state index >= 15 is 0 Å². The summed E-state index contributed by atoms with van der Waals surface area (Å²) in [4.78, 5) is 12.3. The van der Waals surface area contributed by atoms with Crippen LogP contribution in [0.4, 0.5) is 5.69 Å². The van der Waals surface area contributed by atoms with Crippen molar-refractivity contribution in [3.05, 3.63) is 53.6 Å². The van der Waals surface area contributed by atoms with E-state index in [1.807, 2.05) is 37.3 Å². The van der Waals surface area contributed by atoms with Gasteiger partial charge in [0, 0.05) is 23.7 Å². The second-order valence-electron chi connectivity index (χ2n) is 5.14. The highest BCUT2D eigenvalue weighted by atomic mass is 16.5. The van der Waals surface area contributed by atoms with E-state index in [-0.39, 0.29) is 12.0 Å². The zero-order valence-electron chi connectivity index (χ0n) is 12.1. The van der Waals surface area contributed by atoms with E-state index in [2.05, 4.69) is 5.32 Å². The van der Waals surface area contributed by atoms with E-state index in [1.54, 1.807) is 19.2 Å². The molecule has 0 radical (unpaired) electrons. The van der Waals surface area contributed by atoms with Gasteiger partial charge in [0.05, 0.1) is 7.11 Å². The van der Waals surface area contributed by atoms with E-state index in [4.69, 9.17) is 9.47 Å². The lowest BCUT2D eigenvalue weighted by atomic mass is 10.1. The fourth-order valence-corrected chi connectivity index (χ4v) is 2.47. The van der Waals surface area contributed by atoms with Crippen LogP contribution in [-0.2, 0) is 6.42 Å². The van der Waals surface area contributed by atoms with E-state index in [0.717, 1.165) is 17.7 Å². The van der Waals surface area contributed by atoms with Crippen LogP contribution in [0.15, 0.2) is 42.5 Å². The molecule has 21 heavy (non-hydrogen) atoms. The number of carbonyl (C=O) groups excluding carboxylic acids is 1. The molecule has 1 N–H and O–H groups in total. The summed E-state index contributed by atoms with van der Waals surface area (Å²) in [6.45, 7) is 2.02. The van der Waals surface area contributed by atoms with Crippen molar-refractivity contribution >= 4 is 11.6 Å². The quantitative estimate of drug-likeness (QED) is 0.940. The van der Waals surface area contributed by atoms with E-state index in [0.29, 0.717) is 17.0 Å². The largest absolute Gasteiger partial charge is 0.497 e. The molecule has 2 aromatic carbocycles. The molecule has 0 saturated heterocycles. The second kappa shape index (κ2) is 5.48. The van der Waals surface area contributed by atoms with Crippen molar-refractivity contribution in [1.29, 1.82) is 0 Å². The number of hydrogen-bond donors (Lipinski definition) is 1. The molecule has 1 atom stereocenters. The van der Waals surface area contributed by atoms with Crippen molar-refractivity contribution in [3.8, 4) is 11.5 Å². The minimum atomic E-state index is -0.134. The number of benzene rings is 2. The number of rotatable bonds is 3. The first-order valence-electron chi connectivity index (χ1n) is 6.90. The molecule has 3 rings (SSSR count). The molecule has 1 aliphatic rings. The molecule has 0 fully saturated rings. The lowest BCUT2D eigenvalue weighted by Crippen LogP contribution is -2.12. The van der Waals surface area contributed by atoms with E-state index < -0.39 is 0 Å². The van der Waals surface area contributed by atoms with Crippen molar-refractivity contribution in [2.24, 2.45) is 0 Å². The third-order valence-electron chi connectivity index (χ3n) is 3.49. The van der Waals surface area contributed by atoms with Gasteiger partial charge in [-0.1, -0.05) is 6.07 Å². The maximum Gasteiger partial charge on any atom is 0.255 e. The van der Waals surface area contributed by atoms with E-state index in [1.165, 1.54) is 0 Å². The average Bonchev–Trinajstić information content (AvgIpc) is 2.86. The van der Waals surface area contributed by atoms with Crippen molar-refractivity contribution < 1.29 is 14.3 Å². The number of anilines is 1. The number of amides is 1. The van der Waals surface area contributed by atoms with Gasteiger partial charge in [-0.3, -0.25) is 4.79 Å². The van der Waals surface area contributed by atoms with Crippen LogP contribution < -0.4 is 14.8 Å². The lowest BCUT2D eigenvalue weighted by Gasteiger charge is -2.08. The molecule has 1 unspecified atom stereocenters. The number of ether oxygens (including phenoxy) is 2. The van der Waals surface area contributed by atoms with Gasteiger partial charge < -0.3 is 14.8 Å². The predicted molar refractivity (Wildman–Crippen MR) is 81.2 cm³/mol. The maximum absolute atomic E-state index is 12.3. The molecule has 4 nitrogen and oxygen atoms in total. The smallest absolute Gasteiger partial charge is 0.255 e. The zero-order chi connectivity index (χ0) is 14.8. The molecular formula is C17H17NO3. The summed E-state index contributed by atoms with van der Waals surface area (Å²) in [5, 5.41) is 2.88. The standard InChI is InChI=1S/C17H17NO3/c1-11-8-13-9-12(6-7-16(13)21-11)17(19)18-14-4-3-5-15(10-14)20-2/h3-7,9-11H,8H2,1-2H3,(H,18,19). The summed E-state index contributed by atoms with van der Waals surface area (Å²) in [7, 11) is 1.60. The van der Waals surface area contributed by atoms with Gasteiger partial charge in [0.1, 0.15) is 17.6 Å². The van der Waals surface area contributed by atoms with Crippen LogP contribution in [0.1, 0.15) is 22.8 Å². The molecule has 0 spiro atoms. The SMILES string of the molecule is COc1cccc(NC(=O)c2ccc3c(c2)CC(C)O3)c1. The highest BCUT2D eigenvalue weighted by molar-refractivity contribution is 6.04. The molecular weight excluding hydrogens is 266 g/mol. The van der Waals surface area contributed by atoms with Gasteiger partial charge in [0.2, 0.25) is 0 Å². The van der Waals surface area contributed by atoms with Gasteiger partial charge >= 0.3 is 0 Å². The fraction of sp³-hybridized carbons (Fsp3) is 0.235. The van der Waals surface area contributed by atoms with E-state index in [9.17, 15) is 4.79 Å². The van der Waals surface area contributed by atoms with Crippen LogP contribution in [0.3, 0.4) is 0 Å². The van der Waals surface area contributed by atoms with Gasteiger partial charge in [-0.05, 0) is 42.8 Å². The Morgan fingerprint density at radius 3 is 2.95 bits per heavy atom. The molecule has 2 aromatic rings. The Bertz CT molecular complexity index is 681. The Balaban J connectivity index is 1.78. The topological polar surface area (TPSA) is 47.6 Å². The van der Waals surface area contributed by atoms with Crippen molar-refractivity contribution in [2.45, 2.75) is 19.4 Å². The second-order valence-corrected chi connectivity index (χ2v) is 5.14. The Labute approximate surface area is 123 Å². The van der Waals surface area contributed by atoms with Crippen LogP contribution >= 0.6 is 0 Å². The summed E-state index contributed by atoms with van der Waals surface area (Å²) in [5.74, 6) is 1.45. The third kappa shape index (κ3) is 2.84. The molecule has 1 aliphatic heterocycles. The first-order chi connectivity index (χ1) is 10.2. The predicted octanol–water partition coefficient (Wildman–Crippen LogP) is 3.27. The molecule has 1 amide bonds. The number of methoxy groups -OCH3 is 1. The lowest BCUT2D eigenvalue weighted by molar-refractivity contribution is 0.102. The Kier molecular flexibility index (Phi) is 3.52. The van der Waals surface area contributed by atoms with Crippen molar-refractivity contribution in [1.82, 2.24) is 0 Å². The minimum absolute atomic E-state index is 0.134. The Morgan fingerprint density at radius 1 is 1.29 bits per heavy atom. The maximum atomic E-state index is 12.3. The number of hydrogen-bond acceptors (Lipinski definition) is 3. The zero-order valence-corrected chi connectivity index (χ0v) is 12.1. The van der Waals surface area contributed by atoms with Crippen molar-refractivity contribution in [2.75, 3.05) is 12.4 Å². The van der Waals surface area contributed by atoms with Crippen LogP contribution in [0, 0.1) is 0 Å². The third-order valence-corrected chi connectivity index (χ3v) is 3.49. The van der Waals surface area contributed by atoms with Gasteiger partial charge in [-0.25, -0.2) is 0 Å². The van der Waals surface area contributed by atoms with Crippen molar-refractivity contribution in [3.63, 3.8) is 0 Å². The van der Waals surface area contributed by atoms with Gasteiger partial charge in [0.15, 0.2) is 0 Å².